The molecular weight excluding hydrogens is 368 g/mol. The summed E-state index contributed by atoms with van der Waals surface area (Å²) in [5.74, 6) is -0.541. The predicted octanol–water partition coefficient (Wildman–Crippen LogP) is 0.450. The van der Waals surface area contributed by atoms with E-state index in [4.69, 9.17) is 5.73 Å². The van der Waals surface area contributed by atoms with Crippen LogP contribution >= 0.6 is 0 Å². The Bertz CT molecular complexity index is 860. The number of carbonyl (C=O) groups is 2. The number of benzene rings is 1. The van der Waals surface area contributed by atoms with E-state index in [1.54, 1.807) is 17.5 Å². The highest BCUT2D eigenvalue weighted by atomic mass is 16.2. The lowest BCUT2D eigenvalue weighted by molar-refractivity contribution is -0.136. The Kier molecular flexibility index (Phi) is 6.10. The highest BCUT2D eigenvalue weighted by Gasteiger charge is 2.34. The minimum absolute atomic E-state index is 0.117. The van der Waals surface area contributed by atoms with Gasteiger partial charge in [-0.3, -0.25) is 19.6 Å². The van der Waals surface area contributed by atoms with Crippen LogP contribution < -0.4 is 11.1 Å². The van der Waals surface area contributed by atoms with Crippen LogP contribution in [0.3, 0.4) is 0 Å². The quantitative estimate of drug-likeness (QED) is 0.679. The third-order valence-electron chi connectivity index (χ3n) is 6.08. The van der Waals surface area contributed by atoms with Crippen LogP contribution in [0.2, 0.25) is 0 Å². The normalized spacial score (nSPS) is 21.9. The molecule has 1 aromatic carbocycles. The number of hydrogen-bond donors (Lipinski definition) is 3. The van der Waals surface area contributed by atoms with E-state index in [1.165, 1.54) is 0 Å². The van der Waals surface area contributed by atoms with Crippen molar-refractivity contribution in [3.63, 3.8) is 0 Å². The van der Waals surface area contributed by atoms with Crippen molar-refractivity contribution in [2.24, 2.45) is 5.73 Å². The Labute approximate surface area is 170 Å². The van der Waals surface area contributed by atoms with Gasteiger partial charge in [0, 0.05) is 31.1 Å². The lowest BCUT2D eigenvalue weighted by Gasteiger charge is -2.36. The van der Waals surface area contributed by atoms with Gasteiger partial charge in [0.2, 0.25) is 11.8 Å². The molecule has 0 saturated carbocycles. The molecule has 0 bridgehead atoms. The summed E-state index contributed by atoms with van der Waals surface area (Å²) in [6.07, 6.45) is 6.95. The zero-order valence-corrected chi connectivity index (χ0v) is 16.6. The largest absolute Gasteiger partial charge is 0.368 e. The van der Waals surface area contributed by atoms with E-state index in [-0.39, 0.29) is 5.91 Å². The monoisotopic (exact) mass is 397 g/mol. The molecule has 2 saturated heterocycles. The minimum Gasteiger partial charge on any atom is -0.368 e. The zero-order chi connectivity index (χ0) is 20.2. The van der Waals surface area contributed by atoms with Crippen molar-refractivity contribution < 1.29 is 9.59 Å². The average molecular weight is 398 g/mol. The van der Waals surface area contributed by atoms with Gasteiger partial charge in [0.25, 0.3) is 0 Å². The summed E-state index contributed by atoms with van der Waals surface area (Å²) in [6, 6.07) is 5.85. The van der Waals surface area contributed by atoms with Crippen LogP contribution in [0.4, 0.5) is 0 Å². The van der Waals surface area contributed by atoms with Crippen molar-refractivity contribution >= 4 is 22.7 Å². The summed E-state index contributed by atoms with van der Waals surface area (Å²) in [5, 5.41) is 11.3. The van der Waals surface area contributed by atoms with Gasteiger partial charge in [-0.05, 0) is 56.5 Å². The summed E-state index contributed by atoms with van der Waals surface area (Å²) in [6.45, 7) is 3.99. The predicted molar refractivity (Wildman–Crippen MR) is 111 cm³/mol. The van der Waals surface area contributed by atoms with E-state index in [0.29, 0.717) is 25.6 Å². The van der Waals surface area contributed by atoms with Crippen LogP contribution in [0, 0.1) is 6.42 Å². The SMILES string of the molecule is NC(=O)C1CN(C2CCNCC2)CCCN1C(=O)[CH]Cc1ccc2[nH]ncc2c1. The van der Waals surface area contributed by atoms with Gasteiger partial charge >= 0.3 is 0 Å². The van der Waals surface area contributed by atoms with Crippen molar-refractivity contribution in [2.45, 2.75) is 37.8 Å². The number of carbonyl (C=O) groups excluding carboxylic acids is 2. The van der Waals surface area contributed by atoms with E-state index >= 15 is 0 Å². The van der Waals surface area contributed by atoms with E-state index in [2.05, 4.69) is 20.4 Å². The third kappa shape index (κ3) is 4.59. The molecule has 2 fully saturated rings. The summed E-state index contributed by atoms with van der Waals surface area (Å²) in [5.41, 5.74) is 7.73. The second-order valence-corrected chi connectivity index (χ2v) is 7.98. The van der Waals surface area contributed by atoms with Crippen LogP contribution in [0.25, 0.3) is 10.9 Å². The Morgan fingerprint density at radius 2 is 2.07 bits per heavy atom. The summed E-state index contributed by atoms with van der Waals surface area (Å²) in [4.78, 5) is 29.2. The molecule has 3 heterocycles. The molecule has 0 aliphatic carbocycles. The van der Waals surface area contributed by atoms with Gasteiger partial charge in [0.05, 0.1) is 18.1 Å². The van der Waals surface area contributed by atoms with Crippen molar-refractivity contribution in [2.75, 3.05) is 32.7 Å². The van der Waals surface area contributed by atoms with Crippen LogP contribution in [0.5, 0.6) is 0 Å². The number of fused-ring (bicyclic) bond motifs is 1. The number of primary amides is 1. The number of piperidine rings is 1. The van der Waals surface area contributed by atoms with Crippen LogP contribution in [-0.4, -0.2) is 76.6 Å². The number of hydrogen-bond acceptors (Lipinski definition) is 5. The Morgan fingerprint density at radius 3 is 2.86 bits per heavy atom. The van der Waals surface area contributed by atoms with Crippen molar-refractivity contribution in [3.05, 3.63) is 36.4 Å². The summed E-state index contributed by atoms with van der Waals surface area (Å²) >= 11 is 0. The highest BCUT2D eigenvalue weighted by Crippen LogP contribution is 2.20. The minimum atomic E-state index is -0.576. The number of aromatic nitrogens is 2. The molecule has 8 nitrogen and oxygen atoms in total. The molecule has 2 aliphatic rings. The number of nitrogens with two attached hydrogens (primary N) is 1. The third-order valence-corrected chi connectivity index (χ3v) is 6.08. The van der Waals surface area contributed by atoms with Crippen LogP contribution in [-0.2, 0) is 16.0 Å². The molecule has 2 aromatic rings. The highest BCUT2D eigenvalue weighted by molar-refractivity contribution is 5.91. The molecule has 2 aliphatic heterocycles. The number of H-pyrrole nitrogens is 1. The number of nitrogens with zero attached hydrogens (tertiary/aromatic N) is 3. The van der Waals surface area contributed by atoms with Crippen molar-refractivity contribution in [3.8, 4) is 0 Å². The molecule has 0 spiro atoms. The van der Waals surface area contributed by atoms with E-state index in [0.717, 1.165) is 55.4 Å². The molecule has 1 atom stereocenters. The molecule has 29 heavy (non-hydrogen) atoms. The fraction of sp³-hybridized carbons (Fsp3) is 0.524. The van der Waals surface area contributed by atoms with Crippen molar-refractivity contribution in [1.82, 2.24) is 25.3 Å². The Balaban J connectivity index is 1.40. The molecule has 1 aromatic heterocycles. The first-order chi connectivity index (χ1) is 14.1. The maximum absolute atomic E-state index is 13.0. The molecule has 155 valence electrons. The molecule has 4 N–H and O–H groups in total. The molecule has 8 heteroatoms. The average Bonchev–Trinajstić information content (AvgIpc) is 3.08. The summed E-state index contributed by atoms with van der Waals surface area (Å²) in [7, 11) is 0. The standard InChI is InChI=1S/C21H29N6O2/c22-21(29)19-14-26(17-6-8-23-9-7-17)10-1-11-27(19)20(28)5-3-15-2-4-18-16(12-15)13-24-25-18/h2,4-5,12-13,17,19,23H,1,3,6-11,14H2,(H2,22,29)(H,24,25). The maximum atomic E-state index is 13.0. The van der Waals surface area contributed by atoms with Crippen molar-refractivity contribution in [1.29, 1.82) is 0 Å². The number of aromatic amines is 1. The van der Waals surface area contributed by atoms with Gasteiger partial charge in [-0.2, -0.15) is 5.10 Å². The van der Waals surface area contributed by atoms with Gasteiger partial charge in [-0.25, -0.2) is 0 Å². The number of nitrogens with one attached hydrogen (secondary N) is 2. The van der Waals surface area contributed by atoms with Crippen LogP contribution in [0.1, 0.15) is 24.8 Å². The first-order valence-electron chi connectivity index (χ1n) is 10.4. The van der Waals surface area contributed by atoms with E-state index in [9.17, 15) is 9.59 Å². The second-order valence-electron chi connectivity index (χ2n) is 7.98. The number of rotatable bonds is 5. The second kappa shape index (κ2) is 8.92. The Morgan fingerprint density at radius 1 is 1.24 bits per heavy atom. The zero-order valence-electron chi connectivity index (χ0n) is 16.6. The van der Waals surface area contributed by atoms with Gasteiger partial charge in [0.1, 0.15) is 6.04 Å². The van der Waals surface area contributed by atoms with Crippen LogP contribution in [0.15, 0.2) is 24.4 Å². The first-order valence-corrected chi connectivity index (χ1v) is 10.4. The van der Waals surface area contributed by atoms with Gasteiger partial charge in [-0.15, -0.1) is 0 Å². The molecular formula is C21H29N6O2. The van der Waals surface area contributed by atoms with E-state index < -0.39 is 11.9 Å². The molecule has 4 rings (SSSR count). The fourth-order valence-corrected chi connectivity index (χ4v) is 4.46. The van der Waals surface area contributed by atoms with Gasteiger partial charge in [0.15, 0.2) is 0 Å². The smallest absolute Gasteiger partial charge is 0.241 e. The lowest BCUT2D eigenvalue weighted by atomic mass is 10.0. The summed E-state index contributed by atoms with van der Waals surface area (Å²) < 4.78 is 0. The molecule has 1 radical (unpaired) electrons. The number of amides is 2. The van der Waals surface area contributed by atoms with E-state index in [1.807, 2.05) is 18.2 Å². The molecule has 1 unspecified atom stereocenters. The van der Waals surface area contributed by atoms with Gasteiger partial charge < -0.3 is 16.0 Å². The maximum Gasteiger partial charge on any atom is 0.241 e. The Hall–Kier alpha value is -2.45. The lowest BCUT2D eigenvalue weighted by Crippen LogP contribution is -2.54. The molecule has 2 amide bonds. The fourth-order valence-electron chi connectivity index (χ4n) is 4.46. The van der Waals surface area contributed by atoms with Gasteiger partial charge in [-0.1, -0.05) is 6.07 Å². The topological polar surface area (TPSA) is 107 Å². The first kappa shape index (κ1) is 19.8.